The molecule has 96 valence electrons. The van der Waals surface area contributed by atoms with Gasteiger partial charge in [0.05, 0.1) is 11.1 Å². The van der Waals surface area contributed by atoms with E-state index in [1.165, 1.54) is 5.56 Å². The first-order chi connectivity index (χ1) is 8.65. The number of benzene rings is 1. The van der Waals surface area contributed by atoms with Gasteiger partial charge in [0.1, 0.15) is 5.75 Å². The van der Waals surface area contributed by atoms with Crippen LogP contribution in [0.4, 0.5) is 5.69 Å². The number of thiophene rings is 1. The van der Waals surface area contributed by atoms with Crippen molar-refractivity contribution in [2.24, 2.45) is 0 Å². The van der Waals surface area contributed by atoms with E-state index in [9.17, 15) is 0 Å². The first kappa shape index (κ1) is 13.2. The number of nitrogens with one attached hydrogen (secondary N) is 1. The van der Waals surface area contributed by atoms with Crippen LogP contribution in [-0.4, -0.2) is 6.10 Å². The Morgan fingerprint density at radius 3 is 2.78 bits per heavy atom. The fourth-order valence-corrected chi connectivity index (χ4v) is 2.45. The maximum Gasteiger partial charge on any atom is 0.138 e. The average Bonchev–Trinajstić information content (AvgIpc) is 2.82. The Morgan fingerprint density at radius 2 is 2.17 bits per heavy atom. The van der Waals surface area contributed by atoms with Gasteiger partial charge in [-0.05, 0) is 54.4 Å². The van der Waals surface area contributed by atoms with Crippen molar-refractivity contribution in [3.8, 4) is 5.75 Å². The van der Waals surface area contributed by atoms with E-state index in [2.05, 4.69) is 22.1 Å². The molecule has 0 radical (unpaired) electrons. The van der Waals surface area contributed by atoms with Crippen molar-refractivity contribution in [1.29, 1.82) is 0 Å². The standard InChI is InChI=1S/C14H16ClNOS/c1-10(2)17-14-4-3-12(7-13(14)15)16-8-11-5-6-18-9-11/h3-7,9-10,16H,8H2,1-2H3. The minimum atomic E-state index is 0.132. The predicted octanol–water partition coefficient (Wildman–Crippen LogP) is 4.80. The quantitative estimate of drug-likeness (QED) is 0.850. The van der Waals surface area contributed by atoms with Gasteiger partial charge in [-0.2, -0.15) is 11.3 Å². The van der Waals surface area contributed by atoms with Gasteiger partial charge in [0.25, 0.3) is 0 Å². The van der Waals surface area contributed by atoms with Gasteiger partial charge in [0.2, 0.25) is 0 Å². The molecule has 1 aromatic heterocycles. The van der Waals surface area contributed by atoms with Crippen LogP contribution in [0.5, 0.6) is 5.75 Å². The molecule has 0 aliphatic heterocycles. The Morgan fingerprint density at radius 1 is 1.33 bits per heavy atom. The topological polar surface area (TPSA) is 21.3 Å². The first-order valence-electron chi connectivity index (χ1n) is 5.86. The molecule has 1 aromatic carbocycles. The number of anilines is 1. The van der Waals surface area contributed by atoms with Crippen LogP contribution in [0.25, 0.3) is 0 Å². The van der Waals surface area contributed by atoms with Crippen LogP contribution in [0.3, 0.4) is 0 Å². The van der Waals surface area contributed by atoms with Crippen molar-refractivity contribution in [2.45, 2.75) is 26.5 Å². The molecule has 2 nitrogen and oxygen atoms in total. The summed E-state index contributed by atoms with van der Waals surface area (Å²) in [7, 11) is 0. The summed E-state index contributed by atoms with van der Waals surface area (Å²) in [6, 6.07) is 7.88. The predicted molar refractivity (Wildman–Crippen MR) is 78.9 cm³/mol. The lowest BCUT2D eigenvalue weighted by atomic mass is 10.2. The second-order valence-electron chi connectivity index (χ2n) is 4.30. The molecule has 0 atom stereocenters. The molecule has 0 saturated carbocycles. The Labute approximate surface area is 117 Å². The summed E-state index contributed by atoms with van der Waals surface area (Å²) < 4.78 is 5.59. The van der Waals surface area contributed by atoms with Crippen LogP contribution < -0.4 is 10.1 Å². The molecule has 1 N–H and O–H groups in total. The summed E-state index contributed by atoms with van der Waals surface area (Å²) in [5.41, 5.74) is 2.28. The molecule has 0 spiro atoms. The van der Waals surface area contributed by atoms with Gasteiger partial charge in [0, 0.05) is 12.2 Å². The Hall–Kier alpha value is -1.19. The van der Waals surface area contributed by atoms with E-state index >= 15 is 0 Å². The third kappa shape index (κ3) is 3.65. The summed E-state index contributed by atoms with van der Waals surface area (Å²) in [5.74, 6) is 0.729. The summed E-state index contributed by atoms with van der Waals surface area (Å²) in [4.78, 5) is 0. The SMILES string of the molecule is CC(C)Oc1ccc(NCc2ccsc2)cc1Cl. The highest BCUT2D eigenvalue weighted by Gasteiger charge is 2.05. The minimum Gasteiger partial charge on any atom is -0.489 e. The van der Waals surface area contributed by atoms with Crippen LogP contribution in [0.15, 0.2) is 35.0 Å². The molecule has 18 heavy (non-hydrogen) atoms. The molecular weight excluding hydrogens is 266 g/mol. The van der Waals surface area contributed by atoms with E-state index < -0.39 is 0 Å². The van der Waals surface area contributed by atoms with Crippen LogP contribution in [0.1, 0.15) is 19.4 Å². The van der Waals surface area contributed by atoms with Crippen molar-refractivity contribution >= 4 is 28.6 Å². The lowest BCUT2D eigenvalue weighted by molar-refractivity contribution is 0.242. The monoisotopic (exact) mass is 281 g/mol. The number of hydrogen-bond acceptors (Lipinski definition) is 3. The maximum absolute atomic E-state index is 6.17. The molecule has 0 unspecified atom stereocenters. The van der Waals surface area contributed by atoms with E-state index in [0.29, 0.717) is 5.02 Å². The third-order valence-corrected chi connectivity index (χ3v) is 3.40. The van der Waals surface area contributed by atoms with Crippen LogP contribution in [0.2, 0.25) is 5.02 Å². The van der Waals surface area contributed by atoms with Crippen LogP contribution in [0, 0.1) is 0 Å². The summed E-state index contributed by atoms with van der Waals surface area (Å²) in [6.45, 7) is 4.78. The first-order valence-corrected chi connectivity index (χ1v) is 7.18. The van der Waals surface area contributed by atoms with Gasteiger partial charge in [-0.1, -0.05) is 11.6 Å². The number of ether oxygens (including phenoxy) is 1. The number of rotatable bonds is 5. The van der Waals surface area contributed by atoms with Crippen molar-refractivity contribution in [2.75, 3.05) is 5.32 Å². The lowest BCUT2D eigenvalue weighted by Gasteiger charge is -2.13. The highest BCUT2D eigenvalue weighted by molar-refractivity contribution is 7.07. The molecular formula is C14H16ClNOS. The molecule has 0 aliphatic rings. The molecule has 0 aliphatic carbocycles. The van der Waals surface area contributed by atoms with Gasteiger partial charge in [-0.3, -0.25) is 0 Å². The summed E-state index contributed by atoms with van der Waals surface area (Å²) in [5, 5.41) is 8.18. The smallest absolute Gasteiger partial charge is 0.138 e. The van der Waals surface area contributed by atoms with E-state index in [1.807, 2.05) is 32.0 Å². The fraction of sp³-hybridized carbons (Fsp3) is 0.286. The molecule has 2 rings (SSSR count). The molecule has 2 aromatic rings. The van der Waals surface area contributed by atoms with E-state index in [1.54, 1.807) is 11.3 Å². The highest BCUT2D eigenvalue weighted by Crippen LogP contribution is 2.28. The molecule has 4 heteroatoms. The van der Waals surface area contributed by atoms with Gasteiger partial charge in [-0.15, -0.1) is 0 Å². The Kier molecular flexibility index (Phi) is 4.50. The van der Waals surface area contributed by atoms with E-state index in [0.717, 1.165) is 18.0 Å². The second-order valence-corrected chi connectivity index (χ2v) is 5.48. The summed E-state index contributed by atoms with van der Waals surface area (Å²) >= 11 is 7.87. The zero-order valence-electron chi connectivity index (χ0n) is 10.4. The molecule has 1 heterocycles. The largest absolute Gasteiger partial charge is 0.489 e. The minimum absolute atomic E-state index is 0.132. The van der Waals surface area contributed by atoms with E-state index in [4.69, 9.17) is 16.3 Å². The molecule has 0 saturated heterocycles. The molecule has 0 fully saturated rings. The number of halogens is 1. The van der Waals surface area contributed by atoms with Crippen molar-refractivity contribution in [3.05, 3.63) is 45.6 Å². The highest BCUT2D eigenvalue weighted by atomic mass is 35.5. The zero-order chi connectivity index (χ0) is 13.0. The van der Waals surface area contributed by atoms with Crippen molar-refractivity contribution in [1.82, 2.24) is 0 Å². The van der Waals surface area contributed by atoms with Gasteiger partial charge in [0.15, 0.2) is 0 Å². The number of hydrogen-bond donors (Lipinski definition) is 1. The third-order valence-electron chi connectivity index (χ3n) is 2.37. The van der Waals surface area contributed by atoms with Gasteiger partial charge in [-0.25, -0.2) is 0 Å². The zero-order valence-corrected chi connectivity index (χ0v) is 12.0. The Bertz CT molecular complexity index is 497. The lowest BCUT2D eigenvalue weighted by Crippen LogP contribution is -2.06. The normalized spacial score (nSPS) is 10.7. The van der Waals surface area contributed by atoms with Crippen LogP contribution >= 0.6 is 22.9 Å². The van der Waals surface area contributed by atoms with Crippen molar-refractivity contribution < 1.29 is 4.74 Å². The van der Waals surface area contributed by atoms with Crippen molar-refractivity contribution in [3.63, 3.8) is 0 Å². The van der Waals surface area contributed by atoms with Gasteiger partial charge >= 0.3 is 0 Å². The fourth-order valence-electron chi connectivity index (χ4n) is 1.56. The molecule has 0 amide bonds. The maximum atomic E-state index is 6.17. The molecule has 0 bridgehead atoms. The second kappa shape index (κ2) is 6.12. The summed E-state index contributed by atoms with van der Waals surface area (Å²) in [6.07, 6.45) is 0.132. The van der Waals surface area contributed by atoms with Crippen LogP contribution in [-0.2, 0) is 6.54 Å². The average molecular weight is 282 g/mol. The van der Waals surface area contributed by atoms with Gasteiger partial charge < -0.3 is 10.1 Å². The Balaban J connectivity index is 2.00. The van der Waals surface area contributed by atoms with E-state index in [-0.39, 0.29) is 6.10 Å².